The summed E-state index contributed by atoms with van der Waals surface area (Å²) in [5, 5.41) is 28.5. The molecule has 15 nitrogen and oxygen atoms in total. The van der Waals surface area contributed by atoms with E-state index < -0.39 is 60.4 Å². The van der Waals surface area contributed by atoms with E-state index in [1.807, 2.05) is 4.90 Å². The molecule has 0 aliphatic carbocycles. The first kappa shape index (κ1) is 32.2. The molecule has 1 heterocycles. The molecule has 228 valence electrons. The van der Waals surface area contributed by atoms with Crippen molar-refractivity contribution < 1.29 is 39.3 Å². The maximum atomic E-state index is 13.2. The van der Waals surface area contributed by atoms with Crippen LogP contribution < -0.4 is 21.9 Å². The SMILES string of the molecule is CN(Cc1ccc2nc(N)[nH]c(=O)c2c1)c1ccc(C(=O)N(C)[C@@H](CC(C(=O)O)C(=O)[C@@H](N)CCC(=O)O)C(=O)O)cc1. The Bertz CT molecular complexity index is 1600. The minimum absolute atomic E-state index is 0.0182. The number of benzene rings is 2. The third-order valence-electron chi connectivity index (χ3n) is 6.97. The number of nitrogen functional groups attached to an aromatic ring is 1. The molecule has 0 saturated heterocycles. The van der Waals surface area contributed by atoms with Crippen LogP contribution >= 0.6 is 0 Å². The van der Waals surface area contributed by atoms with E-state index in [1.54, 1.807) is 37.4 Å². The maximum absolute atomic E-state index is 13.2. The number of carbonyl (C=O) groups excluding carboxylic acids is 2. The fourth-order valence-electron chi connectivity index (χ4n) is 4.54. The molecule has 1 amide bonds. The lowest BCUT2D eigenvalue weighted by Gasteiger charge is -2.28. The highest BCUT2D eigenvalue weighted by Gasteiger charge is 2.38. The third kappa shape index (κ3) is 7.91. The Kier molecular flexibility index (Phi) is 10.2. The minimum Gasteiger partial charge on any atom is -0.481 e. The number of carbonyl (C=O) groups is 5. The van der Waals surface area contributed by atoms with E-state index in [0.717, 1.165) is 10.5 Å². The van der Waals surface area contributed by atoms with Crippen LogP contribution in [0.2, 0.25) is 0 Å². The number of nitrogens with one attached hydrogen (secondary N) is 1. The summed E-state index contributed by atoms with van der Waals surface area (Å²) >= 11 is 0. The van der Waals surface area contributed by atoms with Crippen LogP contribution in [0.15, 0.2) is 47.3 Å². The van der Waals surface area contributed by atoms with Gasteiger partial charge in [0.25, 0.3) is 11.5 Å². The number of amides is 1. The molecular weight excluding hydrogens is 564 g/mol. The van der Waals surface area contributed by atoms with Crippen molar-refractivity contribution in [2.75, 3.05) is 24.7 Å². The number of fused-ring (bicyclic) bond motifs is 1. The summed E-state index contributed by atoms with van der Waals surface area (Å²) in [7, 11) is 2.97. The first-order valence-corrected chi connectivity index (χ1v) is 13.0. The van der Waals surface area contributed by atoms with E-state index in [-0.39, 0.29) is 23.5 Å². The molecule has 2 aromatic carbocycles. The summed E-state index contributed by atoms with van der Waals surface area (Å²) in [6, 6.07) is 8.30. The Morgan fingerprint density at radius 1 is 0.977 bits per heavy atom. The number of hydrogen-bond acceptors (Lipinski definition) is 10. The van der Waals surface area contributed by atoms with E-state index in [1.165, 1.54) is 19.2 Å². The quantitative estimate of drug-likeness (QED) is 0.139. The summed E-state index contributed by atoms with van der Waals surface area (Å²) in [6.45, 7) is 0.396. The normalized spacial score (nSPS) is 13.1. The van der Waals surface area contributed by atoms with E-state index >= 15 is 0 Å². The van der Waals surface area contributed by atoms with Crippen LogP contribution in [-0.2, 0) is 25.7 Å². The van der Waals surface area contributed by atoms with Gasteiger partial charge in [0, 0.05) is 38.3 Å². The Hall–Kier alpha value is -5.31. The predicted octanol–water partition coefficient (Wildman–Crippen LogP) is 0.519. The molecular formula is C28H32N6O9. The van der Waals surface area contributed by atoms with Crippen LogP contribution in [0, 0.1) is 5.92 Å². The van der Waals surface area contributed by atoms with Crippen LogP contribution in [0.1, 0.15) is 35.2 Å². The highest BCUT2D eigenvalue weighted by Crippen LogP contribution is 2.21. The lowest BCUT2D eigenvalue weighted by atomic mass is 9.89. The van der Waals surface area contributed by atoms with Gasteiger partial charge >= 0.3 is 17.9 Å². The number of hydrogen-bond donors (Lipinski definition) is 6. The van der Waals surface area contributed by atoms with Gasteiger partial charge in [-0.2, -0.15) is 0 Å². The molecule has 15 heteroatoms. The molecule has 3 atom stereocenters. The van der Waals surface area contributed by atoms with Crippen LogP contribution in [0.4, 0.5) is 11.6 Å². The average molecular weight is 597 g/mol. The smallest absolute Gasteiger partial charge is 0.326 e. The molecule has 43 heavy (non-hydrogen) atoms. The van der Waals surface area contributed by atoms with Crippen molar-refractivity contribution in [3.8, 4) is 0 Å². The van der Waals surface area contributed by atoms with Gasteiger partial charge in [-0.25, -0.2) is 9.78 Å². The van der Waals surface area contributed by atoms with Crippen molar-refractivity contribution in [3.63, 3.8) is 0 Å². The van der Waals surface area contributed by atoms with Crippen LogP contribution in [0.5, 0.6) is 0 Å². The molecule has 3 rings (SSSR count). The summed E-state index contributed by atoms with van der Waals surface area (Å²) in [5.74, 6) is -7.99. The van der Waals surface area contributed by atoms with E-state index in [9.17, 15) is 39.0 Å². The Morgan fingerprint density at radius 2 is 1.63 bits per heavy atom. The second-order valence-electron chi connectivity index (χ2n) is 10.0. The summed E-state index contributed by atoms with van der Waals surface area (Å²) < 4.78 is 0. The molecule has 3 aromatic rings. The van der Waals surface area contributed by atoms with Gasteiger partial charge in [0.05, 0.1) is 16.9 Å². The molecule has 0 aliphatic rings. The zero-order valence-electron chi connectivity index (χ0n) is 23.4. The number of ketones is 1. The summed E-state index contributed by atoms with van der Waals surface area (Å²) in [4.78, 5) is 81.9. The molecule has 0 bridgehead atoms. The fourth-order valence-corrected chi connectivity index (χ4v) is 4.54. The molecule has 0 spiro atoms. The largest absolute Gasteiger partial charge is 0.481 e. The topological polar surface area (TPSA) is 250 Å². The highest BCUT2D eigenvalue weighted by molar-refractivity contribution is 6.02. The Morgan fingerprint density at radius 3 is 2.21 bits per heavy atom. The van der Waals surface area contributed by atoms with Crippen molar-refractivity contribution >= 4 is 52.1 Å². The predicted molar refractivity (Wildman–Crippen MR) is 154 cm³/mol. The highest BCUT2D eigenvalue weighted by atomic mass is 16.4. The number of likely N-dealkylation sites (N-methyl/N-ethyl adjacent to an activating group) is 1. The van der Waals surface area contributed by atoms with Gasteiger partial charge in [-0.1, -0.05) is 6.07 Å². The minimum atomic E-state index is -1.87. The van der Waals surface area contributed by atoms with Gasteiger partial charge in [0.1, 0.15) is 12.0 Å². The number of anilines is 2. The Labute approximate surface area is 244 Å². The van der Waals surface area contributed by atoms with Gasteiger partial charge < -0.3 is 36.6 Å². The number of rotatable bonds is 14. The number of nitrogens with zero attached hydrogens (tertiary/aromatic N) is 3. The third-order valence-corrected chi connectivity index (χ3v) is 6.97. The van der Waals surface area contributed by atoms with E-state index in [2.05, 4.69) is 9.97 Å². The monoisotopic (exact) mass is 596 g/mol. The number of carboxylic acid groups (broad SMARTS) is 3. The summed E-state index contributed by atoms with van der Waals surface area (Å²) in [5.41, 5.74) is 13.0. The number of nitrogens with two attached hydrogens (primary N) is 2. The second kappa shape index (κ2) is 13.6. The zero-order valence-corrected chi connectivity index (χ0v) is 23.4. The van der Waals surface area contributed by atoms with Crippen molar-refractivity contribution in [2.45, 2.75) is 37.9 Å². The van der Waals surface area contributed by atoms with E-state index in [4.69, 9.17) is 16.6 Å². The molecule has 1 unspecified atom stereocenters. The lowest BCUT2D eigenvalue weighted by molar-refractivity contribution is -0.149. The number of aliphatic carboxylic acids is 3. The summed E-state index contributed by atoms with van der Waals surface area (Å²) in [6.07, 6.45) is -1.55. The zero-order chi connectivity index (χ0) is 32.0. The fraction of sp³-hybridized carbons (Fsp3) is 0.321. The first-order chi connectivity index (χ1) is 20.2. The van der Waals surface area contributed by atoms with Crippen molar-refractivity contribution in [1.29, 1.82) is 0 Å². The second-order valence-corrected chi connectivity index (χ2v) is 10.0. The van der Waals surface area contributed by atoms with Crippen LogP contribution in [0.25, 0.3) is 10.9 Å². The average Bonchev–Trinajstić information content (AvgIpc) is 2.95. The van der Waals surface area contributed by atoms with E-state index in [0.29, 0.717) is 23.1 Å². The van der Waals surface area contributed by atoms with Crippen molar-refractivity contribution in [2.24, 2.45) is 11.7 Å². The van der Waals surface area contributed by atoms with Crippen molar-refractivity contribution in [3.05, 3.63) is 63.9 Å². The maximum Gasteiger partial charge on any atom is 0.326 e. The number of aromatic nitrogens is 2. The van der Waals surface area contributed by atoms with Crippen LogP contribution in [-0.4, -0.2) is 86.0 Å². The van der Waals surface area contributed by atoms with Gasteiger partial charge in [0.2, 0.25) is 5.95 Å². The number of carboxylic acids is 3. The van der Waals surface area contributed by atoms with Gasteiger partial charge in [0.15, 0.2) is 5.78 Å². The number of aromatic amines is 1. The van der Waals surface area contributed by atoms with Gasteiger partial charge in [-0.3, -0.25) is 29.0 Å². The van der Waals surface area contributed by atoms with Crippen molar-refractivity contribution in [1.82, 2.24) is 14.9 Å². The molecule has 0 fully saturated rings. The molecule has 1 aromatic heterocycles. The standard InChI is InChI=1S/C28H32N6O9/c1-33(13-14-3-9-20-17(11-14)24(38)32-28(30)31-20)16-6-4-15(5-7-16)25(39)34(2)21(27(42)43)12-18(26(40)41)23(37)19(29)8-10-22(35)36/h3-7,9,11,18-19,21H,8,10,12-13,29H2,1-2H3,(H,35,36)(H,40,41)(H,42,43)(H3,30,31,32,38)/t18?,19-,21-/m0/s1. The first-order valence-electron chi connectivity index (χ1n) is 13.0. The lowest BCUT2D eigenvalue weighted by Crippen LogP contribution is -2.47. The molecule has 0 saturated carbocycles. The Balaban J connectivity index is 1.73. The van der Waals surface area contributed by atoms with Gasteiger partial charge in [-0.15, -0.1) is 0 Å². The van der Waals surface area contributed by atoms with Gasteiger partial charge in [-0.05, 0) is 54.8 Å². The molecule has 0 radical (unpaired) electrons. The molecule has 8 N–H and O–H groups in total. The van der Waals surface area contributed by atoms with Crippen LogP contribution in [0.3, 0.4) is 0 Å². The number of H-pyrrole nitrogens is 1. The number of Topliss-reactive ketones (excluding diaryl/α,β-unsaturated/α-hetero) is 1. The molecule has 0 aliphatic heterocycles.